The van der Waals surface area contributed by atoms with Crippen LogP contribution in [0.1, 0.15) is 12.6 Å². The summed E-state index contributed by atoms with van der Waals surface area (Å²) in [7, 11) is 1.88. The van der Waals surface area contributed by atoms with Gasteiger partial charge in [0.1, 0.15) is 12.1 Å². The van der Waals surface area contributed by atoms with E-state index in [2.05, 4.69) is 4.98 Å². The van der Waals surface area contributed by atoms with Gasteiger partial charge in [-0.15, -0.1) is 0 Å². The van der Waals surface area contributed by atoms with Crippen molar-refractivity contribution in [2.24, 2.45) is 5.41 Å². The number of hydrogen-bond donors (Lipinski definition) is 2. The van der Waals surface area contributed by atoms with Gasteiger partial charge in [-0.1, -0.05) is 13.0 Å². The number of halogens is 1. The lowest BCUT2D eigenvalue weighted by Crippen LogP contribution is -2.38. The number of aliphatic hydroxyl groups excluding tert-OH is 2. The summed E-state index contributed by atoms with van der Waals surface area (Å²) < 4.78 is 18.6. The van der Waals surface area contributed by atoms with Crippen LogP contribution in [0.3, 0.4) is 0 Å². The highest BCUT2D eigenvalue weighted by Crippen LogP contribution is 2.21. The van der Waals surface area contributed by atoms with Crippen molar-refractivity contribution in [2.75, 3.05) is 26.8 Å². The molecule has 0 aliphatic rings. The molecule has 0 saturated heterocycles. The molecule has 0 aliphatic heterocycles. The molecule has 1 aromatic heterocycles. The molecular formula is C16H21FN2O3. The van der Waals surface area contributed by atoms with Gasteiger partial charge in [0.15, 0.2) is 0 Å². The van der Waals surface area contributed by atoms with Crippen molar-refractivity contribution < 1.29 is 19.0 Å². The number of benzene rings is 1. The van der Waals surface area contributed by atoms with Crippen molar-refractivity contribution in [3.8, 4) is 11.5 Å². The van der Waals surface area contributed by atoms with Crippen molar-refractivity contribution in [3.63, 3.8) is 0 Å². The van der Waals surface area contributed by atoms with Gasteiger partial charge in [-0.05, 0) is 25.2 Å². The molecule has 0 fully saturated rings. The first-order valence-corrected chi connectivity index (χ1v) is 7.06. The van der Waals surface area contributed by atoms with E-state index in [1.165, 1.54) is 18.4 Å². The molecule has 6 heteroatoms. The Morgan fingerprint density at radius 1 is 1.32 bits per heavy atom. The Morgan fingerprint density at radius 3 is 2.68 bits per heavy atom. The number of aromatic nitrogens is 1. The Kier molecular flexibility index (Phi) is 5.28. The first kappa shape index (κ1) is 16.6. The van der Waals surface area contributed by atoms with Crippen molar-refractivity contribution in [1.82, 2.24) is 9.88 Å². The lowest BCUT2D eigenvalue weighted by atomic mass is 9.92. The second-order valence-electron chi connectivity index (χ2n) is 5.95. The van der Waals surface area contributed by atoms with Gasteiger partial charge in [-0.25, -0.2) is 9.37 Å². The zero-order chi connectivity index (χ0) is 16.2. The van der Waals surface area contributed by atoms with Gasteiger partial charge in [-0.3, -0.25) is 4.90 Å². The third-order valence-corrected chi connectivity index (χ3v) is 3.47. The number of hydrogen-bond acceptors (Lipinski definition) is 5. The zero-order valence-corrected chi connectivity index (χ0v) is 12.8. The third kappa shape index (κ3) is 4.13. The van der Waals surface area contributed by atoms with E-state index in [9.17, 15) is 14.6 Å². The molecule has 120 valence electrons. The Balaban J connectivity index is 2.03. The summed E-state index contributed by atoms with van der Waals surface area (Å²) in [6.45, 7) is 2.64. The predicted molar refractivity (Wildman–Crippen MR) is 80.5 cm³/mol. The molecule has 0 amide bonds. The molecule has 1 aromatic carbocycles. The predicted octanol–water partition coefficient (Wildman–Crippen LogP) is 1.90. The highest BCUT2D eigenvalue weighted by Gasteiger charge is 2.24. The molecule has 2 N–H and O–H groups in total. The molecule has 0 bridgehead atoms. The lowest BCUT2D eigenvalue weighted by molar-refractivity contribution is 0.0399. The van der Waals surface area contributed by atoms with Crippen LogP contribution in [-0.4, -0.2) is 46.9 Å². The van der Waals surface area contributed by atoms with Crippen molar-refractivity contribution in [1.29, 1.82) is 0 Å². The zero-order valence-electron chi connectivity index (χ0n) is 12.8. The molecule has 2 rings (SSSR count). The summed E-state index contributed by atoms with van der Waals surface area (Å²) in [5.74, 6) is 0.0333. The number of rotatable bonds is 7. The Labute approximate surface area is 129 Å². The van der Waals surface area contributed by atoms with Crippen molar-refractivity contribution >= 4 is 0 Å². The van der Waals surface area contributed by atoms with Crippen molar-refractivity contribution in [3.05, 3.63) is 42.0 Å². The normalized spacial score (nSPS) is 12.1. The minimum Gasteiger partial charge on any atom is -0.444 e. The van der Waals surface area contributed by atoms with Crippen LogP contribution >= 0.6 is 0 Å². The highest BCUT2D eigenvalue weighted by atomic mass is 19.1. The lowest BCUT2D eigenvalue weighted by Gasteiger charge is -2.29. The number of nitrogens with zero attached hydrogens (tertiary/aromatic N) is 2. The SMILES string of the molecule is CN(Cc1coc(-c2cccc(F)c2)n1)CC(C)(CO)CO. The largest absolute Gasteiger partial charge is 0.444 e. The molecule has 1 heterocycles. The maximum absolute atomic E-state index is 13.2. The quantitative estimate of drug-likeness (QED) is 0.817. The van der Waals surface area contributed by atoms with Crippen LogP contribution in [0.15, 0.2) is 34.9 Å². The molecular weight excluding hydrogens is 287 g/mol. The van der Waals surface area contributed by atoms with Gasteiger partial charge in [-0.2, -0.15) is 0 Å². The second-order valence-corrected chi connectivity index (χ2v) is 5.95. The Bertz CT molecular complexity index is 611. The number of aliphatic hydroxyl groups is 2. The minimum atomic E-state index is -0.566. The molecule has 0 aliphatic carbocycles. The van der Waals surface area contributed by atoms with E-state index in [0.717, 1.165) is 0 Å². The van der Waals surface area contributed by atoms with E-state index in [1.807, 2.05) is 18.9 Å². The molecule has 5 nitrogen and oxygen atoms in total. The first-order chi connectivity index (χ1) is 10.5. The molecule has 0 radical (unpaired) electrons. The van der Waals surface area contributed by atoms with Gasteiger partial charge in [0, 0.05) is 24.1 Å². The Hall–Kier alpha value is -1.76. The fraction of sp³-hybridized carbons (Fsp3) is 0.438. The van der Waals surface area contributed by atoms with Gasteiger partial charge in [0.25, 0.3) is 0 Å². The monoisotopic (exact) mass is 308 g/mol. The summed E-state index contributed by atoms with van der Waals surface area (Å²) in [6.07, 6.45) is 1.53. The summed E-state index contributed by atoms with van der Waals surface area (Å²) in [5, 5.41) is 18.6. The van der Waals surface area contributed by atoms with Crippen molar-refractivity contribution in [2.45, 2.75) is 13.5 Å². The van der Waals surface area contributed by atoms with Crippen LogP contribution in [0.5, 0.6) is 0 Å². The first-order valence-electron chi connectivity index (χ1n) is 7.06. The van der Waals surface area contributed by atoms with Crippen LogP contribution < -0.4 is 0 Å². The average molecular weight is 308 g/mol. The highest BCUT2D eigenvalue weighted by molar-refractivity contribution is 5.52. The summed E-state index contributed by atoms with van der Waals surface area (Å²) >= 11 is 0. The second kappa shape index (κ2) is 7.00. The minimum absolute atomic E-state index is 0.0960. The van der Waals surface area contributed by atoms with E-state index in [1.54, 1.807) is 12.1 Å². The van der Waals surface area contributed by atoms with Crippen LogP contribution in [0.2, 0.25) is 0 Å². The van der Waals surface area contributed by atoms with Gasteiger partial charge >= 0.3 is 0 Å². The van der Waals surface area contributed by atoms with Gasteiger partial charge in [0.2, 0.25) is 5.89 Å². The van der Waals surface area contributed by atoms with Crippen LogP contribution in [-0.2, 0) is 6.54 Å². The standard InChI is InChI=1S/C16H21FN2O3/c1-16(10-20,11-21)9-19(2)7-14-8-22-15(18-14)12-4-3-5-13(17)6-12/h3-6,8,20-21H,7,9-11H2,1-2H3. The summed E-state index contributed by atoms with van der Waals surface area (Å²) in [6, 6.07) is 6.07. The molecule has 0 atom stereocenters. The summed E-state index contributed by atoms with van der Waals surface area (Å²) in [4.78, 5) is 6.29. The maximum atomic E-state index is 13.2. The van der Waals surface area contributed by atoms with Gasteiger partial charge < -0.3 is 14.6 Å². The smallest absolute Gasteiger partial charge is 0.226 e. The molecule has 0 unspecified atom stereocenters. The van der Waals surface area contributed by atoms with E-state index in [4.69, 9.17) is 4.42 Å². The average Bonchev–Trinajstić information content (AvgIpc) is 2.95. The summed E-state index contributed by atoms with van der Waals surface area (Å²) in [5.41, 5.74) is 0.730. The van der Waals surface area contributed by atoms with Gasteiger partial charge in [0.05, 0.1) is 18.9 Å². The van der Waals surface area contributed by atoms with Crippen LogP contribution in [0, 0.1) is 11.2 Å². The number of oxazole rings is 1. The van der Waals surface area contributed by atoms with E-state index in [0.29, 0.717) is 30.2 Å². The fourth-order valence-corrected chi connectivity index (χ4v) is 2.27. The Morgan fingerprint density at radius 2 is 2.05 bits per heavy atom. The van der Waals surface area contributed by atoms with E-state index in [-0.39, 0.29) is 19.0 Å². The van der Waals surface area contributed by atoms with Crippen LogP contribution in [0.25, 0.3) is 11.5 Å². The molecule has 22 heavy (non-hydrogen) atoms. The molecule has 0 spiro atoms. The molecule has 2 aromatic rings. The van der Waals surface area contributed by atoms with E-state index >= 15 is 0 Å². The third-order valence-electron chi connectivity index (χ3n) is 3.47. The van der Waals surface area contributed by atoms with Crippen LogP contribution in [0.4, 0.5) is 4.39 Å². The fourth-order valence-electron chi connectivity index (χ4n) is 2.27. The van der Waals surface area contributed by atoms with E-state index < -0.39 is 5.41 Å². The molecule has 0 saturated carbocycles. The maximum Gasteiger partial charge on any atom is 0.226 e. The topological polar surface area (TPSA) is 69.7 Å².